The van der Waals surface area contributed by atoms with Crippen molar-refractivity contribution in [3.05, 3.63) is 18.5 Å². The van der Waals surface area contributed by atoms with Gasteiger partial charge in [0, 0.05) is 23.7 Å². The summed E-state index contributed by atoms with van der Waals surface area (Å²) < 4.78 is 0. The Hall–Kier alpha value is -1.23. The molecule has 1 amide bonds. The highest BCUT2D eigenvalue weighted by molar-refractivity contribution is 8.00. The number of hydrogen-bond donors (Lipinski definition) is 1. The average Bonchev–Trinajstić information content (AvgIpc) is 3.13. The Morgan fingerprint density at radius 2 is 2.41 bits per heavy atom. The highest BCUT2D eigenvalue weighted by atomic mass is 32.2. The van der Waals surface area contributed by atoms with Gasteiger partial charge in [-0.25, -0.2) is 0 Å². The molecule has 0 spiro atoms. The highest BCUT2D eigenvalue weighted by Gasteiger charge is 2.31. The van der Waals surface area contributed by atoms with Crippen LogP contribution < -0.4 is 5.73 Å². The lowest BCUT2D eigenvalue weighted by Crippen LogP contribution is -2.34. The molecular formula is C12H17N3OS. The number of nitrogens with zero attached hydrogens (tertiary/aromatic N) is 2. The molecule has 1 aliphatic rings. The van der Waals surface area contributed by atoms with Gasteiger partial charge in [-0.2, -0.15) is 0 Å². The van der Waals surface area contributed by atoms with E-state index in [-0.39, 0.29) is 5.91 Å². The Morgan fingerprint density at radius 3 is 3.00 bits per heavy atom. The predicted molar refractivity (Wildman–Crippen MR) is 69.8 cm³/mol. The minimum atomic E-state index is 0.205. The molecule has 92 valence electrons. The van der Waals surface area contributed by atoms with E-state index in [0.29, 0.717) is 17.5 Å². The first-order valence-corrected chi connectivity index (χ1v) is 6.82. The van der Waals surface area contributed by atoms with E-state index in [1.54, 1.807) is 12.4 Å². The number of pyridine rings is 1. The summed E-state index contributed by atoms with van der Waals surface area (Å²) in [5.41, 5.74) is 6.42. The van der Waals surface area contributed by atoms with Crippen LogP contribution >= 0.6 is 11.8 Å². The van der Waals surface area contributed by atoms with Gasteiger partial charge < -0.3 is 10.6 Å². The Labute approximate surface area is 106 Å². The van der Waals surface area contributed by atoms with Gasteiger partial charge in [0.2, 0.25) is 5.91 Å². The number of nitrogen functional groups attached to an aromatic ring is 1. The van der Waals surface area contributed by atoms with Gasteiger partial charge in [-0.15, -0.1) is 11.8 Å². The molecule has 1 aromatic heterocycles. The summed E-state index contributed by atoms with van der Waals surface area (Å²) in [5, 5.41) is 0. The largest absolute Gasteiger partial charge is 0.397 e. The molecule has 0 saturated heterocycles. The number of anilines is 1. The third kappa shape index (κ3) is 3.12. The molecule has 0 radical (unpaired) electrons. The van der Waals surface area contributed by atoms with E-state index < -0.39 is 0 Å². The first-order valence-electron chi connectivity index (χ1n) is 5.84. The zero-order valence-corrected chi connectivity index (χ0v) is 10.7. The number of carbonyl (C=O) groups is 1. The van der Waals surface area contributed by atoms with E-state index in [4.69, 9.17) is 5.73 Å². The third-order valence-corrected chi connectivity index (χ3v) is 3.88. The van der Waals surface area contributed by atoms with Crippen LogP contribution in [0.4, 0.5) is 5.69 Å². The number of rotatable bonds is 5. The number of hydrogen-bond acceptors (Lipinski definition) is 4. The second-order valence-electron chi connectivity index (χ2n) is 4.11. The van der Waals surface area contributed by atoms with Crippen LogP contribution in [0.1, 0.15) is 19.8 Å². The van der Waals surface area contributed by atoms with Gasteiger partial charge in [0.05, 0.1) is 17.6 Å². The van der Waals surface area contributed by atoms with Crippen LogP contribution in [0, 0.1) is 0 Å². The monoisotopic (exact) mass is 251 g/mol. The van der Waals surface area contributed by atoms with Crippen LogP contribution in [-0.2, 0) is 4.79 Å². The molecule has 0 unspecified atom stereocenters. The van der Waals surface area contributed by atoms with Crippen molar-refractivity contribution < 1.29 is 4.79 Å². The maximum Gasteiger partial charge on any atom is 0.233 e. The fourth-order valence-corrected chi connectivity index (χ4v) is 2.59. The Kier molecular flexibility index (Phi) is 3.89. The van der Waals surface area contributed by atoms with Crippen molar-refractivity contribution >= 4 is 23.4 Å². The van der Waals surface area contributed by atoms with Crippen LogP contribution in [0.5, 0.6) is 0 Å². The SMILES string of the molecule is CCN(C(=O)CSc1ccncc1N)C1CC1. The lowest BCUT2D eigenvalue weighted by atomic mass is 10.4. The number of nitrogens with two attached hydrogens (primary N) is 1. The fraction of sp³-hybridized carbons (Fsp3) is 0.500. The molecule has 1 fully saturated rings. The lowest BCUT2D eigenvalue weighted by Gasteiger charge is -2.20. The zero-order chi connectivity index (χ0) is 12.3. The molecule has 0 aromatic carbocycles. The van der Waals surface area contributed by atoms with E-state index in [9.17, 15) is 4.79 Å². The third-order valence-electron chi connectivity index (χ3n) is 2.81. The summed E-state index contributed by atoms with van der Waals surface area (Å²) in [6, 6.07) is 2.34. The van der Waals surface area contributed by atoms with Crippen LogP contribution in [0.15, 0.2) is 23.4 Å². The number of carbonyl (C=O) groups excluding carboxylic acids is 1. The molecule has 1 aliphatic carbocycles. The molecular weight excluding hydrogens is 234 g/mol. The van der Waals surface area contributed by atoms with E-state index in [0.717, 1.165) is 24.3 Å². The topological polar surface area (TPSA) is 59.2 Å². The van der Waals surface area contributed by atoms with Crippen molar-refractivity contribution in [1.29, 1.82) is 0 Å². The van der Waals surface area contributed by atoms with E-state index in [2.05, 4.69) is 4.98 Å². The fourth-order valence-electron chi connectivity index (χ4n) is 1.77. The van der Waals surface area contributed by atoms with E-state index in [1.807, 2.05) is 17.9 Å². The van der Waals surface area contributed by atoms with Gasteiger partial charge in [-0.1, -0.05) is 0 Å². The van der Waals surface area contributed by atoms with Gasteiger partial charge in [-0.05, 0) is 25.8 Å². The number of thioether (sulfide) groups is 1. The van der Waals surface area contributed by atoms with Crippen molar-refractivity contribution in [2.24, 2.45) is 0 Å². The molecule has 1 aromatic rings. The lowest BCUT2D eigenvalue weighted by molar-refractivity contribution is -0.128. The minimum absolute atomic E-state index is 0.205. The van der Waals surface area contributed by atoms with Crippen molar-refractivity contribution in [3.8, 4) is 0 Å². The molecule has 2 rings (SSSR count). The second kappa shape index (κ2) is 5.40. The molecule has 2 N–H and O–H groups in total. The second-order valence-corrected chi connectivity index (χ2v) is 5.13. The molecule has 17 heavy (non-hydrogen) atoms. The maximum absolute atomic E-state index is 12.0. The van der Waals surface area contributed by atoms with Crippen molar-refractivity contribution in [2.45, 2.75) is 30.7 Å². The summed E-state index contributed by atoms with van der Waals surface area (Å²) in [5.74, 6) is 0.662. The molecule has 4 nitrogen and oxygen atoms in total. The normalized spacial score (nSPS) is 14.6. The standard InChI is InChI=1S/C12H17N3OS/c1-2-15(9-3-4-9)12(16)8-17-11-5-6-14-7-10(11)13/h5-7,9H,2-4,8,13H2,1H3. The predicted octanol–water partition coefficient (Wildman–Crippen LogP) is 1.77. The molecule has 5 heteroatoms. The summed E-state index contributed by atoms with van der Waals surface area (Å²) in [6.07, 6.45) is 5.62. The average molecular weight is 251 g/mol. The van der Waals surface area contributed by atoms with Crippen LogP contribution in [0.2, 0.25) is 0 Å². The quantitative estimate of drug-likeness (QED) is 0.810. The first-order chi connectivity index (χ1) is 8.22. The summed E-state index contributed by atoms with van der Waals surface area (Å²) in [6.45, 7) is 2.83. The summed E-state index contributed by atoms with van der Waals surface area (Å²) in [4.78, 5) is 18.8. The summed E-state index contributed by atoms with van der Waals surface area (Å²) in [7, 11) is 0. The molecule has 0 bridgehead atoms. The first kappa shape index (κ1) is 12.2. The van der Waals surface area contributed by atoms with Gasteiger partial charge in [-0.3, -0.25) is 9.78 Å². The van der Waals surface area contributed by atoms with Crippen LogP contribution in [-0.4, -0.2) is 34.1 Å². The zero-order valence-electron chi connectivity index (χ0n) is 9.93. The minimum Gasteiger partial charge on any atom is -0.397 e. The molecule has 0 aliphatic heterocycles. The summed E-state index contributed by atoms with van der Waals surface area (Å²) >= 11 is 1.49. The van der Waals surface area contributed by atoms with Crippen molar-refractivity contribution in [1.82, 2.24) is 9.88 Å². The van der Waals surface area contributed by atoms with E-state index >= 15 is 0 Å². The Balaban J connectivity index is 1.89. The highest BCUT2D eigenvalue weighted by Crippen LogP contribution is 2.29. The Bertz CT molecular complexity index is 406. The van der Waals surface area contributed by atoms with Crippen LogP contribution in [0.25, 0.3) is 0 Å². The molecule has 0 atom stereocenters. The molecule has 1 saturated carbocycles. The molecule has 1 heterocycles. The van der Waals surface area contributed by atoms with Gasteiger partial charge in [0.25, 0.3) is 0 Å². The van der Waals surface area contributed by atoms with Gasteiger partial charge in [0.1, 0.15) is 0 Å². The van der Waals surface area contributed by atoms with Crippen LogP contribution in [0.3, 0.4) is 0 Å². The number of aromatic nitrogens is 1. The smallest absolute Gasteiger partial charge is 0.233 e. The maximum atomic E-state index is 12.0. The van der Waals surface area contributed by atoms with E-state index in [1.165, 1.54) is 11.8 Å². The Morgan fingerprint density at radius 1 is 1.65 bits per heavy atom. The van der Waals surface area contributed by atoms with Crippen molar-refractivity contribution in [3.63, 3.8) is 0 Å². The number of amides is 1. The van der Waals surface area contributed by atoms with Crippen molar-refractivity contribution in [2.75, 3.05) is 18.0 Å². The van der Waals surface area contributed by atoms with Gasteiger partial charge >= 0.3 is 0 Å². The van der Waals surface area contributed by atoms with Gasteiger partial charge in [0.15, 0.2) is 0 Å².